The number of amidine groups is 1. The average Bonchev–Trinajstić information content (AvgIpc) is 3.25. The van der Waals surface area contributed by atoms with Crippen LogP contribution in [0.25, 0.3) is 5.82 Å². The van der Waals surface area contributed by atoms with Gasteiger partial charge in [-0.15, -0.1) is 0 Å². The van der Waals surface area contributed by atoms with E-state index in [0.717, 1.165) is 5.56 Å². The molecule has 2 rings (SSSR count). The molecule has 10 heteroatoms. The van der Waals surface area contributed by atoms with Crippen molar-refractivity contribution in [2.24, 2.45) is 5.73 Å². The topological polar surface area (TPSA) is 142 Å². The molecule has 31 heavy (non-hydrogen) atoms. The highest BCUT2D eigenvalue weighted by atomic mass is 16.2. The molecular formula is C21H28N8O2. The van der Waals surface area contributed by atoms with Crippen LogP contribution >= 0.6 is 0 Å². The molecule has 0 aliphatic carbocycles. The lowest BCUT2D eigenvalue weighted by Gasteiger charge is -2.24. The van der Waals surface area contributed by atoms with Crippen molar-refractivity contribution >= 4 is 17.6 Å². The Labute approximate surface area is 181 Å². The van der Waals surface area contributed by atoms with E-state index in [1.807, 2.05) is 6.92 Å². The van der Waals surface area contributed by atoms with Crippen molar-refractivity contribution < 1.29 is 9.59 Å². The summed E-state index contributed by atoms with van der Waals surface area (Å²) in [7, 11) is 1.63. The van der Waals surface area contributed by atoms with Gasteiger partial charge in [-0.3, -0.25) is 19.9 Å². The highest BCUT2D eigenvalue weighted by molar-refractivity contribution is 6.12. The zero-order valence-corrected chi connectivity index (χ0v) is 18.0. The van der Waals surface area contributed by atoms with Crippen molar-refractivity contribution in [1.82, 2.24) is 30.3 Å². The number of aromatic nitrogens is 3. The van der Waals surface area contributed by atoms with Gasteiger partial charge >= 0.3 is 0 Å². The third-order valence-corrected chi connectivity index (χ3v) is 4.19. The van der Waals surface area contributed by atoms with Gasteiger partial charge in [0.25, 0.3) is 11.8 Å². The van der Waals surface area contributed by atoms with Crippen LogP contribution in [0.15, 0.2) is 54.6 Å². The SMILES string of the molecule is C=C(C)C(=O)N(CCC)C(=N)/C(=C\NC)NC(=O)c1cccc(-n2cc(CN)cn2)n1. The second kappa shape index (κ2) is 10.8. The largest absolute Gasteiger partial charge is 0.392 e. The number of carbonyl (C=O) groups excluding carboxylic acids is 2. The molecule has 0 aliphatic rings. The van der Waals surface area contributed by atoms with Crippen LogP contribution in [0.5, 0.6) is 0 Å². The first-order valence-electron chi connectivity index (χ1n) is 9.78. The van der Waals surface area contributed by atoms with Gasteiger partial charge in [0, 0.05) is 43.7 Å². The minimum atomic E-state index is -0.529. The second-order valence-electron chi connectivity index (χ2n) is 6.76. The van der Waals surface area contributed by atoms with Gasteiger partial charge in [0.1, 0.15) is 5.69 Å². The van der Waals surface area contributed by atoms with E-state index in [2.05, 4.69) is 27.3 Å². The van der Waals surface area contributed by atoms with Gasteiger partial charge < -0.3 is 16.4 Å². The Morgan fingerprint density at radius 2 is 2.13 bits per heavy atom. The van der Waals surface area contributed by atoms with Gasteiger partial charge in [-0.2, -0.15) is 5.10 Å². The number of amides is 2. The number of nitrogens with zero attached hydrogens (tertiary/aromatic N) is 4. The molecule has 0 unspecified atom stereocenters. The minimum Gasteiger partial charge on any atom is -0.392 e. The van der Waals surface area contributed by atoms with E-state index in [-0.39, 0.29) is 23.1 Å². The molecule has 164 valence electrons. The van der Waals surface area contributed by atoms with E-state index < -0.39 is 5.91 Å². The number of pyridine rings is 1. The lowest BCUT2D eigenvalue weighted by molar-refractivity contribution is -0.123. The first-order valence-corrected chi connectivity index (χ1v) is 9.78. The normalized spacial score (nSPS) is 11.0. The number of nitrogens with two attached hydrogens (primary N) is 1. The first kappa shape index (κ1) is 23.5. The summed E-state index contributed by atoms with van der Waals surface area (Å²) >= 11 is 0. The molecule has 0 bridgehead atoms. The Morgan fingerprint density at radius 3 is 2.71 bits per heavy atom. The van der Waals surface area contributed by atoms with Crippen LogP contribution in [0.3, 0.4) is 0 Å². The smallest absolute Gasteiger partial charge is 0.274 e. The Hall–Kier alpha value is -3.79. The van der Waals surface area contributed by atoms with Crippen molar-refractivity contribution in [1.29, 1.82) is 5.41 Å². The fourth-order valence-corrected chi connectivity index (χ4v) is 2.68. The molecule has 0 saturated carbocycles. The number of hydrogen-bond donors (Lipinski definition) is 4. The summed E-state index contributed by atoms with van der Waals surface area (Å²) < 4.78 is 1.53. The fourth-order valence-electron chi connectivity index (χ4n) is 2.68. The fraction of sp³-hybridized carbons (Fsp3) is 0.286. The number of carbonyl (C=O) groups is 2. The molecule has 10 nitrogen and oxygen atoms in total. The van der Waals surface area contributed by atoms with Gasteiger partial charge in [0.15, 0.2) is 11.7 Å². The first-order chi connectivity index (χ1) is 14.8. The summed E-state index contributed by atoms with van der Waals surface area (Å²) in [4.78, 5) is 30.9. The van der Waals surface area contributed by atoms with Crippen molar-refractivity contribution in [3.05, 3.63) is 65.9 Å². The quantitative estimate of drug-likeness (QED) is 0.272. The second-order valence-corrected chi connectivity index (χ2v) is 6.76. The van der Waals surface area contributed by atoms with Gasteiger partial charge in [0.05, 0.1) is 11.9 Å². The summed E-state index contributed by atoms with van der Waals surface area (Å²) in [6.45, 7) is 7.80. The van der Waals surface area contributed by atoms with E-state index in [9.17, 15) is 9.59 Å². The zero-order chi connectivity index (χ0) is 23.0. The van der Waals surface area contributed by atoms with E-state index >= 15 is 0 Å². The Morgan fingerprint density at radius 1 is 1.39 bits per heavy atom. The third-order valence-electron chi connectivity index (χ3n) is 4.19. The zero-order valence-electron chi connectivity index (χ0n) is 18.0. The van der Waals surface area contributed by atoms with E-state index in [1.165, 1.54) is 15.8 Å². The molecule has 2 aromatic rings. The van der Waals surface area contributed by atoms with Crippen LogP contribution in [-0.2, 0) is 11.3 Å². The molecule has 0 atom stereocenters. The molecule has 0 radical (unpaired) electrons. The van der Waals surface area contributed by atoms with Crippen molar-refractivity contribution in [3.63, 3.8) is 0 Å². The molecule has 2 heterocycles. The van der Waals surface area contributed by atoms with Crippen LogP contribution < -0.4 is 16.4 Å². The van der Waals surface area contributed by atoms with E-state index in [1.54, 1.807) is 44.6 Å². The summed E-state index contributed by atoms with van der Waals surface area (Å²) in [6.07, 6.45) is 5.45. The highest BCUT2D eigenvalue weighted by Crippen LogP contribution is 2.10. The van der Waals surface area contributed by atoms with E-state index in [0.29, 0.717) is 30.9 Å². The average molecular weight is 425 g/mol. The summed E-state index contributed by atoms with van der Waals surface area (Å²) in [6, 6.07) is 4.95. The molecule has 0 aliphatic heterocycles. The highest BCUT2D eigenvalue weighted by Gasteiger charge is 2.23. The monoisotopic (exact) mass is 424 g/mol. The van der Waals surface area contributed by atoms with Crippen LogP contribution in [0.1, 0.15) is 36.3 Å². The van der Waals surface area contributed by atoms with Crippen LogP contribution in [0.2, 0.25) is 0 Å². The lowest BCUT2D eigenvalue weighted by Crippen LogP contribution is -2.43. The third kappa shape index (κ3) is 5.86. The standard InChI is InChI=1S/C21H28N8O2/c1-5-9-28(21(31)14(2)3)19(23)17(12-24-4)27-20(30)16-7-6-8-18(26-16)29-13-15(10-22)11-25-29/h6-8,11-13,23-24H,2,5,9-10,22H2,1,3-4H3,(H,27,30)/b17-12+,23-19?. The van der Waals surface area contributed by atoms with Crippen LogP contribution in [0.4, 0.5) is 0 Å². The predicted molar refractivity (Wildman–Crippen MR) is 118 cm³/mol. The maximum atomic E-state index is 12.9. The molecule has 2 aromatic heterocycles. The summed E-state index contributed by atoms with van der Waals surface area (Å²) in [5, 5.41) is 18.1. The molecular weight excluding hydrogens is 396 g/mol. The molecule has 0 saturated heterocycles. The van der Waals surface area contributed by atoms with Gasteiger partial charge in [0.2, 0.25) is 0 Å². The van der Waals surface area contributed by atoms with Crippen LogP contribution in [-0.4, -0.2) is 50.9 Å². The van der Waals surface area contributed by atoms with Gasteiger partial charge in [-0.05, 0) is 25.5 Å². The Kier molecular flexibility index (Phi) is 8.21. The number of hydrogen-bond acceptors (Lipinski definition) is 7. The van der Waals surface area contributed by atoms with Crippen molar-refractivity contribution in [2.45, 2.75) is 26.8 Å². The predicted octanol–water partition coefficient (Wildman–Crippen LogP) is 1.31. The van der Waals surface area contributed by atoms with Crippen LogP contribution in [0, 0.1) is 5.41 Å². The molecule has 0 aromatic carbocycles. The lowest BCUT2D eigenvalue weighted by atomic mass is 10.2. The summed E-state index contributed by atoms with van der Waals surface area (Å²) in [5.74, 6) is -0.601. The minimum absolute atomic E-state index is 0.130. The summed E-state index contributed by atoms with van der Waals surface area (Å²) in [5.41, 5.74) is 7.02. The molecule has 2 amide bonds. The Bertz CT molecular complexity index is 1010. The van der Waals surface area contributed by atoms with Gasteiger partial charge in [-0.25, -0.2) is 9.67 Å². The Balaban J connectivity index is 2.27. The van der Waals surface area contributed by atoms with E-state index in [4.69, 9.17) is 11.1 Å². The van der Waals surface area contributed by atoms with Crippen molar-refractivity contribution in [3.8, 4) is 5.82 Å². The van der Waals surface area contributed by atoms with Gasteiger partial charge in [-0.1, -0.05) is 19.6 Å². The molecule has 0 spiro atoms. The maximum absolute atomic E-state index is 12.9. The maximum Gasteiger partial charge on any atom is 0.274 e. The number of nitrogens with one attached hydrogen (secondary N) is 3. The molecule has 5 N–H and O–H groups in total. The van der Waals surface area contributed by atoms with Crippen molar-refractivity contribution in [2.75, 3.05) is 13.6 Å². The number of rotatable bonds is 9. The molecule has 0 fully saturated rings.